The van der Waals surface area contributed by atoms with E-state index in [0.29, 0.717) is 4.20 Å². The highest BCUT2D eigenvalue weighted by Gasteiger charge is 2.14. The van der Waals surface area contributed by atoms with Gasteiger partial charge in [-0.2, -0.15) is 0 Å². The highest BCUT2D eigenvalue weighted by Crippen LogP contribution is 2.15. The molecule has 0 aliphatic rings. The molecule has 0 N–H and O–H groups in total. The summed E-state index contributed by atoms with van der Waals surface area (Å²) in [5.41, 5.74) is 2.03. The molecule has 0 spiro atoms. The van der Waals surface area contributed by atoms with Crippen molar-refractivity contribution in [1.82, 2.24) is 4.90 Å². The van der Waals surface area contributed by atoms with E-state index < -0.39 is 0 Å². The molecule has 2 nitrogen and oxygen atoms in total. The van der Waals surface area contributed by atoms with Gasteiger partial charge >= 0.3 is 0 Å². The van der Waals surface area contributed by atoms with Crippen LogP contribution in [0, 0.1) is 0 Å². The fraction of sp³-hybridized carbons (Fsp3) is 0.385. The summed E-state index contributed by atoms with van der Waals surface area (Å²) in [5.74, 6) is 0.974. The van der Waals surface area contributed by atoms with Gasteiger partial charge in [-0.1, -0.05) is 36.5 Å². The second-order valence-electron chi connectivity index (χ2n) is 3.57. The number of thiocarbonyl (C=S) groups is 1. The number of aliphatic imine (C=N–C) groups is 1. The molecule has 92 valence electrons. The number of amidine groups is 1. The van der Waals surface area contributed by atoms with Gasteiger partial charge in [0.1, 0.15) is 5.84 Å². The summed E-state index contributed by atoms with van der Waals surface area (Å²) in [6.07, 6.45) is 0. The Morgan fingerprint density at radius 1 is 1.24 bits per heavy atom. The van der Waals surface area contributed by atoms with Gasteiger partial charge in [-0.05, 0) is 13.8 Å². The molecule has 0 bridgehead atoms. The number of hydrogen-bond acceptors (Lipinski definition) is 2. The van der Waals surface area contributed by atoms with E-state index in [1.807, 2.05) is 31.3 Å². The Morgan fingerprint density at radius 3 is 2.18 bits per heavy atom. The zero-order chi connectivity index (χ0) is 12.8. The third kappa shape index (κ3) is 3.30. The van der Waals surface area contributed by atoms with Gasteiger partial charge in [0.2, 0.25) is 0 Å². The molecule has 0 saturated carbocycles. The topological polar surface area (TPSA) is 15.6 Å². The highest BCUT2D eigenvalue weighted by atomic mass is 32.1. The maximum atomic E-state index is 5.17. The van der Waals surface area contributed by atoms with Gasteiger partial charge in [0.15, 0.2) is 0 Å². The first-order valence-corrected chi connectivity index (χ1v) is 6.55. The average Bonchev–Trinajstić information content (AvgIpc) is 2.35. The summed E-state index contributed by atoms with van der Waals surface area (Å²) < 4.78 is 0.605. The van der Waals surface area contributed by atoms with E-state index in [2.05, 4.69) is 36.4 Å². The molecule has 0 amide bonds. The number of nitrogens with zero attached hydrogens (tertiary/aromatic N) is 2. The molecule has 1 aromatic carbocycles. The second-order valence-corrected chi connectivity index (χ2v) is 4.73. The lowest BCUT2D eigenvalue weighted by Crippen LogP contribution is -2.32. The SMILES string of the molecule is CCN(CC)C(=NC)c1ccccc1C(=S)S. The Morgan fingerprint density at radius 2 is 1.76 bits per heavy atom. The predicted octanol–water partition coefficient (Wildman–Crippen LogP) is 3.01. The van der Waals surface area contributed by atoms with Crippen molar-refractivity contribution in [3.05, 3.63) is 35.4 Å². The second kappa shape index (κ2) is 6.77. The van der Waals surface area contributed by atoms with Crippen molar-refractivity contribution in [3.63, 3.8) is 0 Å². The molecular formula is C13H18N2S2. The van der Waals surface area contributed by atoms with E-state index in [4.69, 9.17) is 12.2 Å². The molecule has 0 saturated heterocycles. The fourth-order valence-electron chi connectivity index (χ4n) is 1.82. The minimum atomic E-state index is 0.605. The summed E-state index contributed by atoms with van der Waals surface area (Å²) in [7, 11) is 1.81. The Labute approximate surface area is 114 Å². The monoisotopic (exact) mass is 266 g/mol. The van der Waals surface area contributed by atoms with Gasteiger partial charge in [0.25, 0.3) is 0 Å². The normalized spacial score (nSPS) is 11.4. The molecule has 0 aliphatic heterocycles. The molecule has 0 fully saturated rings. The van der Waals surface area contributed by atoms with Crippen molar-refractivity contribution in [2.45, 2.75) is 13.8 Å². The van der Waals surface area contributed by atoms with Crippen molar-refractivity contribution in [2.24, 2.45) is 4.99 Å². The lowest BCUT2D eigenvalue weighted by atomic mass is 10.1. The molecule has 0 heterocycles. The summed E-state index contributed by atoms with van der Waals surface area (Å²) in [6.45, 7) is 6.10. The molecule has 1 rings (SSSR count). The van der Waals surface area contributed by atoms with E-state index in [0.717, 1.165) is 30.1 Å². The van der Waals surface area contributed by atoms with Crippen molar-refractivity contribution in [2.75, 3.05) is 20.1 Å². The molecule has 0 aliphatic carbocycles. The van der Waals surface area contributed by atoms with Crippen LogP contribution in [0.5, 0.6) is 0 Å². The molecule has 4 heteroatoms. The van der Waals surface area contributed by atoms with Crippen molar-refractivity contribution in [3.8, 4) is 0 Å². The first kappa shape index (κ1) is 14.2. The Hall–Kier alpha value is -0.870. The van der Waals surface area contributed by atoms with Crippen LogP contribution in [0.3, 0.4) is 0 Å². The van der Waals surface area contributed by atoms with Gasteiger partial charge < -0.3 is 4.90 Å². The van der Waals surface area contributed by atoms with Crippen LogP contribution >= 0.6 is 24.8 Å². The summed E-state index contributed by atoms with van der Waals surface area (Å²) in [4.78, 5) is 6.61. The van der Waals surface area contributed by atoms with Gasteiger partial charge in [0.05, 0.1) is 4.20 Å². The van der Waals surface area contributed by atoms with Crippen LogP contribution in [0.2, 0.25) is 0 Å². The van der Waals surface area contributed by atoms with Crippen LogP contribution in [0.4, 0.5) is 0 Å². The van der Waals surface area contributed by atoms with Gasteiger partial charge in [-0.25, -0.2) is 0 Å². The highest BCUT2D eigenvalue weighted by molar-refractivity contribution is 8.11. The van der Waals surface area contributed by atoms with E-state index in [-0.39, 0.29) is 0 Å². The first-order valence-electron chi connectivity index (χ1n) is 5.70. The fourth-order valence-corrected chi connectivity index (χ4v) is 2.19. The maximum absolute atomic E-state index is 5.17. The van der Waals surface area contributed by atoms with Crippen LogP contribution in [0.15, 0.2) is 29.3 Å². The third-order valence-corrected chi connectivity index (χ3v) is 3.13. The first-order chi connectivity index (χ1) is 8.15. The van der Waals surface area contributed by atoms with E-state index >= 15 is 0 Å². The lowest BCUT2D eigenvalue weighted by Gasteiger charge is -2.24. The lowest BCUT2D eigenvalue weighted by molar-refractivity contribution is 0.466. The van der Waals surface area contributed by atoms with Crippen LogP contribution in [-0.2, 0) is 0 Å². The third-order valence-electron chi connectivity index (χ3n) is 2.67. The quantitative estimate of drug-likeness (QED) is 0.390. The molecule has 0 atom stereocenters. The average molecular weight is 266 g/mol. The van der Waals surface area contributed by atoms with Gasteiger partial charge in [-0.3, -0.25) is 4.99 Å². The summed E-state index contributed by atoms with van der Waals surface area (Å²) in [6, 6.07) is 7.99. The number of rotatable bonds is 4. The summed E-state index contributed by atoms with van der Waals surface area (Å²) in [5, 5.41) is 0. The smallest absolute Gasteiger partial charge is 0.131 e. The van der Waals surface area contributed by atoms with Crippen LogP contribution < -0.4 is 0 Å². The minimum absolute atomic E-state index is 0.605. The van der Waals surface area contributed by atoms with E-state index in [1.165, 1.54) is 0 Å². The minimum Gasteiger partial charge on any atom is -0.357 e. The Bertz CT molecular complexity index is 423. The van der Waals surface area contributed by atoms with Gasteiger partial charge in [-0.15, -0.1) is 12.6 Å². The van der Waals surface area contributed by atoms with E-state index in [1.54, 1.807) is 0 Å². The largest absolute Gasteiger partial charge is 0.357 e. The summed E-state index contributed by atoms with van der Waals surface area (Å²) >= 11 is 9.44. The van der Waals surface area contributed by atoms with Crippen molar-refractivity contribution in [1.29, 1.82) is 0 Å². The predicted molar refractivity (Wildman–Crippen MR) is 82.5 cm³/mol. The molecule has 0 aromatic heterocycles. The van der Waals surface area contributed by atoms with E-state index in [9.17, 15) is 0 Å². The maximum Gasteiger partial charge on any atom is 0.131 e. The van der Waals surface area contributed by atoms with Gasteiger partial charge in [0, 0.05) is 31.3 Å². The molecule has 17 heavy (non-hydrogen) atoms. The van der Waals surface area contributed by atoms with Crippen LogP contribution in [0.1, 0.15) is 25.0 Å². The van der Waals surface area contributed by atoms with Crippen LogP contribution in [-0.4, -0.2) is 35.1 Å². The zero-order valence-electron chi connectivity index (χ0n) is 10.5. The van der Waals surface area contributed by atoms with Crippen LogP contribution in [0.25, 0.3) is 0 Å². The van der Waals surface area contributed by atoms with Crippen molar-refractivity contribution < 1.29 is 0 Å². The number of hydrogen-bond donors (Lipinski definition) is 1. The molecule has 1 aromatic rings. The molecule has 0 unspecified atom stereocenters. The standard InChI is InChI=1S/C13H18N2S2/c1-4-15(5-2)12(14-3)10-8-6-7-9-11(10)13(16)17/h6-9H,4-5H2,1-3H3,(H,16,17). The number of thiol groups is 1. The Kier molecular flexibility index (Phi) is 5.65. The zero-order valence-corrected chi connectivity index (χ0v) is 12.2. The Balaban J connectivity index is 3.26. The molecule has 0 radical (unpaired) electrons. The number of benzene rings is 1. The van der Waals surface area contributed by atoms with Crippen molar-refractivity contribution >= 4 is 34.9 Å². The molecular weight excluding hydrogens is 248 g/mol.